The third-order valence-electron chi connectivity index (χ3n) is 21.8. The van der Waals surface area contributed by atoms with Crippen molar-refractivity contribution in [3.8, 4) is 33.8 Å². The molecule has 0 unspecified atom stereocenters. The molecule has 0 saturated carbocycles. The Morgan fingerprint density at radius 1 is 0.495 bits per heavy atom. The van der Waals surface area contributed by atoms with Crippen LogP contribution in [0.5, 0.6) is 0 Å². The van der Waals surface area contributed by atoms with E-state index in [9.17, 15) is 28.8 Å². The van der Waals surface area contributed by atoms with E-state index in [-0.39, 0.29) is 35.4 Å². The van der Waals surface area contributed by atoms with Gasteiger partial charge in [0, 0.05) is 172 Å². The number of fused-ring (bicyclic) bond motifs is 6. The lowest BCUT2D eigenvalue weighted by Gasteiger charge is -2.37. The summed E-state index contributed by atoms with van der Waals surface area (Å²) in [6, 6.07) is 53.7. The van der Waals surface area contributed by atoms with Gasteiger partial charge in [0.15, 0.2) is 16.9 Å². The number of likely N-dealkylation sites (tertiary alicyclic amines) is 1. The second-order valence-corrected chi connectivity index (χ2v) is 28.9. The van der Waals surface area contributed by atoms with E-state index in [0.717, 1.165) is 177 Å². The van der Waals surface area contributed by atoms with E-state index >= 15 is 0 Å². The smallest absolute Gasteiger partial charge is 0.253 e. The van der Waals surface area contributed by atoms with Crippen LogP contribution in [0.25, 0.3) is 50.7 Å². The van der Waals surface area contributed by atoms with E-state index in [0.29, 0.717) is 68.0 Å². The SMILES string of the molecule is CC(C)N1CCN(C(=O)c2ccc(Nc3ccc(-c4ccc5c(c4)CNC5=O)n4ccnc34)cc2)CC1.CCN(C)CCN(CC)C(=O)c1ccc(Nc2ccc(-c3ccc4c(c3)CNC4=O)n3ccnc23)cc1.CCN1CCC[C@H]1CNC(=O)c1ccc(Nc2ccc(-c3ccc4c(c3)CNC4=O)n3ccnc23)cc1. The molecule has 6 amide bonds. The van der Waals surface area contributed by atoms with Crippen LogP contribution in [0.4, 0.5) is 34.1 Å². The molecule has 0 radical (unpaired) electrons. The summed E-state index contributed by atoms with van der Waals surface area (Å²) in [5.74, 6) is 0.0319. The number of nitrogens with zero attached hydrogens (tertiary/aromatic N) is 11. The second-order valence-electron chi connectivity index (χ2n) is 28.9. The third-order valence-corrected chi connectivity index (χ3v) is 21.8. The molecule has 5 aliphatic rings. The zero-order valence-electron chi connectivity index (χ0n) is 63.4. The number of benzene rings is 6. The number of nitrogens with one attached hydrogen (secondary N) is 7. The predicted octanol–water partition coefficient (Wildman–Crippen LogP) is 12.8. The van der Waals surface area contributed by atoms with Gasteiger partial charge in [0.2, 0.25) is 0 Å². The lowest BCUT2D eigenvalue weighted by Crippen LogP contribution is -2.50. The maximum Gasteiger partial charge on any atom is 0.253 e. The number of piperazine rings is 1. The molecule has 6 aromatic heterocycles. The van der Waals surface area contributed by atoms with Crippen molar-refractivity contribution in [3.05, 3.63) is 251 Å². The molecule has 1 atom stereocenters. The topological polar surface area (TPSA) is 255 Å². The minimum absolute atomic E-state index is 0.0182. The highest BCUT2D eigenvalue weighted by atomic mass is 16.2. The van der Waals surface area contributed by atoms with Gasteiger partial charge >= 0.3 is 0 Å². The number of anilines is 6. The molecule has 2 fully saturated rings. The summed E-state index contributed by atoms with van der Waals surface area (Å²) in [5, 5.41) is 22.1. The molecule has 2 saturated heterocycles. The minimum atomic E-state index is -0.0410. The second kappa shape index (κ2) is 32.7. The maximum absolute atomic E-state index is 13.0. The van der Waals surface area contributed by atoms with E-state index in [2.05, 4.69) is 126 Å². The van der Waals surface area contributed by atoms with Gasteiger partial charge in [-0.25, -0.2) is 15.0 Å². The Kier molecular flexibility index (Phi) is 21.8. The lowest BCUT2D eigenvalue weighted by atomic mass is 10.0. The van der Waals surface area contributed by atoms with Crippen molar-refractivity contribution >= 4 is 86.5 Å². The highest BCUT2D eigenvalue weighted by Gasteiger charge is 2.28. The van der Waals surface area contributed by atoms with Crippen LogP contribution < -0.4 is 37.2 Å². The number of hydrogen-bond acceptors (Lipinski definition) is 15. The van der Waals surface area contributed by atoms with Gasteiger partial charge in [-0.15, -0.1) is 0 Å². The summed E-state index contributed by atoms with van der Waals surface area (Å²) in [6.07, 6.45) is 13.5. The molecule has 566 valence electrons. The number of imidazole rings is 3. The number of pyridine rings is 3. The first-order valence-corrected chi connectivity index (χ1v) is 38.3. The first kappa shape index (κ1) is 74.0. The van der Waals surface area contributed by atoms with Crippen LogP contribution in [-0.2, 0) is 19.6 Å². The predicted molar refractivity (Wildman–Crippen MR) is 435 cm³/mol. The van der Waals surface area contributed by atoms with Crippen molar-refractivity contribution in [1.29, 1.82) is 0 Å². The van der Waals surface area contributed by atoms with E-state index in [1.807, 2.05) is 188 Å². The molecule has 11 heterocycles. The van der Waals surface area contributed by atoms with E-state index < -0.39 is 0 Å². The molecule has 0 spiro atoms. The van der Waals surface area contributed by atoms with Crippen LogP contribution in [0, 0.1) is 0 Å². The van der Waals surface area contributed by atoms with Crippen LogP contribution in [-0.4, -0.2) is 179 Å². The highest BCUT2D eigenvalue weighted by Crippen LogP contribution is 2.35. The average Bonchev–Trinajstić information content (AvgIpc) is 1.68. The van der Waals surface area contributed by atoms with E-state index in [4.69, 9.17) is 0 Å². The van der Waals surface area contributed by atoms with Gasteiger partial charge in [-0.2, -0.15) is 0 Å². The normalized spacial score (nSPS) is 15.2. The van der Waals surface area contributed by atoms with Gasteiger partial charge in [0.05, 0.1) is 34.1 Å². The van der Waals surface area contributed by atoms with Gasteiger partial charge in [-0.1, -0.05) is 32.0 Å². The monoisotopic (exact) mass is 1480 g/mol. The number of aromatic nitrogens is 6. The van der Waals surface area contributed by atoms with Gasteiger partial charge < -0.3 is 51.9 Å². The number of carbonyl (C=O) groups excluding carboxylic acids is 6. The highest BCUT2D eigenvalue weighted by molar-refractivity contribution is 6.01. The number of rotatable bonds is 21. The molecule has 0 aliphatic carbocycles. The molecule has 7 N–H and O–H groups in total. The van der Waals surface area contributed by atoms with Crippen molar-refractivity contribution < 1.29 is 28.8 Å². The minimum Gasteiger partial charge on any atom is -0.352 e. The molecular formula is C87H92N18O6. The first-order valence-electron chi connectivity index (χ1n) is 38.3. The fourth-order valence-corrected chi connectivity index (χ4v) is 15.3. The Morgan fingerprint density at radius 3 is 1.32 bits per heavy atom. The molecule has 0 bridgehead atoms. The van der Waals surface area contributed by atoms with Crippen molar-refractivity contribution in [3.63, 3.8) is 0 Å². The van der Waals surface area contributed by atoms with Crippen molar-refractivity contribution in [2.24, 2.45) is 0 Å². The fraction of sp³-hybridized carbons (Fsp3) is 0.276. The molecule has 111 heavy (non-hydrogen) atoms. The molecule has 12 aromatic rings. The molecule has 24 nitrogen and oxygen atoms in total. The molecule has 6 aromatic carbocycles. The van der Waals surface area contributed by atoms with Crippen molar-refractivity contribution in [2.45, 2.75) is 79.2 Å². The Hall–Kier alpha value is -12.5. The summed E-state index contributed by atoms with van der Waals surface area (Å²) < 4.78 is 6.13. The molecule has 5 aliphatic heterocycles. The van der Waals surface area contributed by atoms with Crippen LogP contribution in [0.2, 0.25) is 0 Å². The van der Waals surface area contributed by atoms with Gasteiger partial charge in [-0.3, -0.25) is 51.8 Å². The van der Waals surface area contributed by atoms with Crippen LogP contribution in [0.15, 0.2) is 201 Å². The van der Waals surface area contributed by atoms with Crippen LogP contribution in [0.1, 0.15) is 126 Å². The fourth-order valence-electron chi connectivity index (χ4n) is 15.3. The Labute approximate surface area is 644 Å². The molecule has 17 rings (SSSR count). The zero-order chi connectivity index (χ0) is 76.8. The summed E-state index contributed by atoms with van der Waals surface area (Å²) in [6.45, 7) is 21.7. The van der Waals surface area contributed by atoms with Gasteiger partial charge in [0.25, 0.3) is 35.4 Å². The number of carbonyl (C=O) groups is 6. The number of amides is 6. The molecular weight excluding hydrogens is 1390 g/mol. The zero-order valence-corrected chi connectivity index (χ0v) is 63.4. The van der Waals surface area contributed by atoms with Gasteiger partial charge in [-0.05, 0) is 239 Å². The first-order chi connectivity index (χ1) is 54.1. The summed E-state index contributed by atoms with van der Waals surface area (Å²) in [5.41, 5.74) is 21.0. The summed E-state index contributed by atoms with van der Waals surface area (Å²) in [7, 11) is 2.06. The Morgan fingerprint density at radius 2 is 0.919 bits per heavy atom. The molecule has 24 heteroatoms. The third kappa shape index (κ3) is 15.9. The van der Waals surface area contributed by atoms with Gasteiger partial charge in [0.1, 0.15) is 0 Å². The Balaban J connectivity index is 0.000000132. The average molecular weight is 1490 g/mol. The van der Waals surface area contributed by atoms with E-state index in [1.165, 1.54) is 6.42 Å². The maximum atomic E-state index is 13.0. The van der Waals surface area contributed by atoms with E-state index in [1.54, 1.807) is 18.6 Å². The van der Waals surface area contributed by atoms with Crippen molar-refractivity contribution in [1.82, 2.24) is 73.9 Å². The Bertz CT molecular complexity index is 5470. The summed E-state index contributed by atoms with van der Waals surface area (Å²) >= 11 is 0. The quantitative estimate of drug-likeness (QED) is 0.0353. The number of hydrogen-bond donors (Lipinski definition) is 7. The lowest BCUT2D eigenvalue weighted by molar-refractivity contribution is 0.0595. The van der Waals surface area contributed by atoms with Crippen molar-refractivity contribution in [2.75, 3.05) is 95.0 Å². The van der Waals surface area contributed by atoms with Crippen LogP contribution >= 0.6 is 0 Å². The standard InChI is InChI=1S/2C29H30N6O2.C29H32N6O2/c1-19(2)33-13-15-34(16-14-33)29(37)20-3-6-23(7-4-20)32-25-9-10-26(35-12-11-30-27(25)35)21-5-8-24-22(17-21)18-31-28(24)36;1-2-34-14-3-4-23(34)18-32-28(36)19-5-8-22(9-6-19)33-25-11-12-26(35-15-13-30-27(25)35)20-7-10-24-21(16-20)17-31-29(24)37;1-4-33(3)16-17-34(5-2)29(37)20-6-9-23(10-7-20)32-25-12-13-26(35-15-14-30-27(25)35)21-8-11-24-22(18-21)19-31-28(24)36/h3-12,17,19,32H,13-16,18H2,1-2H3,(H,31,36);5-13,15-16,23,33H,2-4,14,17-18H2,1H3,(H,31,37)(H,32,36);6-15,18,32H,4-5,16-17,19H2,1-3H3,(H,31,36)/t;23-;/m.0./s1. The summed E-state index contributed by atoms with van der Waals surface area (Å²) in [4.78, 5) is 99.0. The van der Waals surface area contributed by atoms with Crippen LogP contribution in [0.3, 0.4) is 0 Å². The number of likely N-dealkylation sites (N-methyl/N-ethyl adjacent to an activating group) is 3. The largest absolute Gasteiger partial charge is 0.352 e.